The van der Waals surface area contributed by atoms with Gasteiger partial charge in [-0.3, -0.25) is 9.48 Å². The van der Waals surface area contributed by atoms with Crippen molar-refractivity contribution >= 4 is 11.6 Å². The molecule has 32 heavy (non-hydrogen) atoms. The minimum atomic E-state index is -0.366. The van der Waals surface area contributed by atoms with E-state index < -0.39 is 0 Å². The predicted molar refractivity (Wildman–Crippen MR) is 118 cm³/mol. The van der Waals surface area contributed by atoms with Crippen LogP contribution in [0.4, 0.5) is 14.5 Å². The van der Waals surface area contributed by atoms with Crippen LogP contribution >= 0.6 is 0 Å². The number of nitrogens with zero attached hydrogens (tertiary/aromatic N) is 2. The van der Waals surface area contributed by atoms with Crippen molar-refractivity contribution in [3.63, 3.8) is 0 Å². The number of halogens is 2. The number of carbonyl (C=O) groups excluding carboxylic acids is 1. The molecule has 0 radical (unpaired) electrons. The zero-order chi connectivity index (χ0) is 22.5. The van der Waals surface area contributed by atoms with Crippen LogP contribution in [-0.2, 0) is 13.2 Å². The van der Waals surface area contributed by atoms with Gasteiger partial charge in [0.2, 0.25) is 5.88 Å². The lowest BCUT2D eigenvalue weighted by Gasteiger charge is -2.07. The first-order valence-electron chi connectivity index (χ1n) is 10.0. The van der Waals surface area contributed by atoms with E-state index in [4.69, 9.17) is 4.74 Å². The molecule has 1 heterocycles. The van der Waals surface area contributed by atoms with Crippen LogP contribution in [0, 0.1) is 18.6 Å². The Bertz CT molecular complexity index is 1220. The molecular weight excluding hydrogens is 412 g/mol. The Labute approximate surface area is 184 Å². The number of anilines is 1. The molecule has 7 heteroatoms. The number of ether oxygens (including phenoxy) is 1. The minimum absolute atomic E-state index is 0.124. The number of nitrogens with one attached hydrogen (secondary N) is 1. The molecule has 162 valence electrons. The van der Waals surface area contributed by atoms with Crippen LogP contribution in [0.1, 0.15) is 27.0 Å². The SMILES string of the molecule is Cc1cccc(NC(=O)c2cn(Cc3ccc(F)cc3)nc2OCc2ccc(F)cc2)c1. The summed E-state index contributed by atoms with van der Waals surface area (Å²) in [6.07, 6.45) is 1.59. The van der Waals surface area contributed by atoms with E-state index in [1.807, 2.05) is 25.1 Å². The molecule has 1 amide bonds. The summed E-state index contributed by atoms with van der Waals surface area (Å²) in [4.78, 5) is 13.0. The summed E-state index contributed by atoms with van der Waals surface area (Å²) in [5.41, 5.74) is 3.50. The Balaban J connectivity index is 1.57. The molecule has 5 nitrogen and oxygen atoms in total. The second-order valence-electron chi connectivity index (χ2n) is 7.41. The molecule has 0 aliphatic rings. The topological polar surface area (TPSA) is 56.2 Å². The normalized spacial score (nSPS) is 10.7. The van der Waals surface area contributed by atoms with Crippen molar-refractivity contribution < 1.29 is 18.3 Å². The van der Waals surface area contributed by atoms with Crippen molar-refractivity contribution in [3.05, 3.63) is 113 Å². The molecule has 0 fully saturated rings. The molecule has 1 aromatic heterocycles. The lowest BCUT2D eigenvalue weighted by Crippen LogP contribution is -2.13. The monoisotopic (exact) mass is 433 g/mol. The van der Waals surface area contributed by atoms with Crippen molar-refractivity contribution in [2.45, 2.75) is 20.1 Å². The van der Waals surface area contributed by atoms with Gasteiger partial charge < -0.3 is 10.1 Å². The van der Waals surface area contributed by atoms with Gasteiger partial charge in [0.25, 0.3) is 5.91 Å². The van der Waals surface area contributed by atoms with Crippen molar-refractivity contribution in [2.24, 2.45) is 0 Å². The largest absolute Gasteiger partial charge is 0.471 e. The average molecular weight is 433 g/mol. The van der Waals surface area contributed by atoms with Gasteiger partial charge in [0.1, 0.15) is 23.8 Å². The maximum absolute atomic E-state index is 13.2. The maximum atomic E-state index is 13.2. The van der Waals surface area contributed by atoms with Crippen LogP contribution in [0.5, 0.6) is 5.88 Å². The third-order valence-corrected chi connectivity index (χ3v) is 4.80. The fourth-order valence-electron chi connectivity index (χ4n) is 3.18. The first-order valence-corrected chi connectivity index (χ1v) is 10.0. The minimum Gasteiger partial charge on any atom is -0.471 e. The molecule has 4 aromatic rings. The molecule has 0 saturated carbocycles. The zero-order valence-corrected chi connectivity index (χ0v) is 17.4. The number of aromatic nitrogens is 2. The molecule has 0 atom stereocenters. The van der Waals surface area contributed by atoms with Crippen molar-refractivity contribution in [1.29, 1.82) is 0 Å². The Morgan fingerprint density at radius 3 is 2.28 bits per heavy atom. The predicted octanol–water partition coefficient (Wildman–Crippen LogP) is 5.35. The van der Waals surface area contributed by atoms with Crippen LogP contribution in [0.2, 0.25) is 0 Å². The van der Waals surface area contributed by atoms with Crippen LogP contribution in [0.15, 0.2) is 79.0 Å². The number of aryl methyl sites for hydroxylation is 1. The van der Waals surface area contributed by atoms with Crippen LogP contribution in [0.3, 0.4) is 0 Å². The lowest BCUT2D eigenvalue weighted by atomic mass is 10.2. The smallest absolute Gasteiger partial charge is 0.262 e. The summed E-state index contributed by atoms with van der Waals surface area (Å²) in [5, 5.41) is 7.26. The van der Waals surface area contributed by atoms with Crippen molar-refractivity contribution in [3.8, 4) is 5.88 Å². The lowest BCUT2D eigenvalue weighted by molar-refractivity contribution is 0.102. The second-order valence-corrected chi connectivity index (χ2v) is 7.41. The van der Waals surface area contributed by atoms with E-state index in [0.717, 1.165) is 16.7 Å². The standard InChI is InChI=1S/C25H21F2N3O2/c1-17-3-2-4-22(13-17)28-24(31)23-15-30(14-18-5-9-20(26)10-6-18)29-25(23)32-16-19-7-11-21(27)12-8-19/h2-13,15H,14,16H2,1H3,(H,28,31). The van der Waals surface area contributed by atoms with E-state index in [1.165, 1.54) is 24.3 Å². The van der Waals surface area contributed by atoms with Gasteiger partial charge in [0.15, 0.2) is 0 Å². The molecule has 0 unspecified atom stereocenters. The highest BCUT2D eigenvalue weighted by Crippen LogP contribution is 2.21. The number of hydrogen-bond acceptors (Lipinski definition) is 3. The zero-order valence-electron chi connectivity index (χ0n) is 17.4. The Kier molecular flexibility index (Phi) is 6.26. The van der Waals surface area contributed by atoms with Crippen molar-refractivity contribution in [1.82, 2.24) is 9.78 Å². The van der Waals surface area contributed by atoms with Gasteiger partial charge in [-0.25, -0.2) is 8.78 Å². The summed E-state index contributed by atoms with van der Waals surface area (Å²) >= 11 is 0. The molecule has 3 aromatic carbocycles. The molecule has 0 bridgehead atoms. The third-order valence-electron chi connectivity index (χ3n) is 4.80. The molecule has 1 N–H and O–H groups in total. The Morgan fingerprint density at radius 1 is 0.969 bits per heavy atom. The van der Waals surface area contributed by atoms with E-state index in [1.54, 1.807) is 41.2 Å². The first kappa shape index (κ1) is 21.2. The summed E-state index contributed by atoms with van der Waals surface area (Å²) in [6, 6.07) is 19.4. The number of carbonyl (C=O) groups is 1. The highest BCUT2D eigenvalue weighted by Gasteiger charge is 2.19. The van der Waals surface area contributed by atoms with Gasteiger partial charge >= 0.3 is 0 Å². The first-order chi connectivity index (χ1) is 15.5. The van der Waals surface area contributed by atoms with Gasteiger partial charge in [0, 0.05) is 11.9 Å². The van der Waals surface area contributed by atoms with Crippen LogP contribution in [0.25, 0.3) is 0 Å². The fraction of sp³-hybridized carbons (Fsp3) is 0.120. The number of hydrogen-bond donors (Lipinski definition) is 1. The number of rotatable bonds is 7. The van der Waals surface area contributed by atoms with E-state index in [2.05, 4.69) is 10.4 Å². The van der Waals surface area contributed by atoms with Gasteiger partial charge in [-0.2, -0.15) is 0 Å². The molecular formula is C25H21F2N3O2. The molecule has 4 rings (SSSR count). The quantitative estimate of drug-likeness (QED) is 0.428. The Morgan fingerprint density at radius 2 is 1.62 bits per heavy atom. The fourth-order valence-corrected chi connectivity index (χ4v) is 3.18. The molecule has 0 aliphatic carbocycles. The summed E-state index contributed by atoms with van der Waals surface area (Å²) in [5.74, 6) is -0.872. The van der Waals surface area contributed by atoms with Gasteiger partial charge in [-0.05, 0) is 60.0 Å². The Hall–Kier alpha value is -4.00. The highest BCUT2D eigenvalue weighted by atomic mass is 19.1. The van der Waals surface area contributed by atoms with E-state index in [0.29, 0.717) is 12.2 Å². The molecule has 0 aliphatic heterocycles. The van der Waals surface area contributed by atoms with Gasteiger partial charge in [-0.15, -0.1) is 5.10 Å². The summed E-state index contributed by atoms with van der Waals surface area (Å²) in [7, 11) is 0. The van der Waals surface area contributed by atoms with E-state index in [9.17, 15) is 13.6 Å². The van der Waals surface area contributed by atoms with Gasteiger partial charge in [0.05, 0.1) is 6.54 Å². The molecule has 0 spiro atoms. The highest BCUT2D eigenvalue weighted by molar-refractivity contribution is 6.05. The van der Waals surface area contributed by atoms with E-state index >= 15 is 0 Å². The summed E-state index contributed by atoms with van der Waals surface area (Å²) < 4.78 is 33.7. The average Bonchev–Trinajstić information content (AvgIpc) is 3.18. The molecule has 0 saturated heterocycles. The maximum Gasteiger partial charge on any atom is 0.262 e. The number of amides is 1. The number of benzene rings is 3. The van der Waals surface area contributed by atoms with Crippen LogP contribution in [-0.4, -0.2) is 15.7 Å². The van der Waals surface area contributed by atoms with Crippen LogP contribution < -0.4 is 10.1 Å². The van der Waals surface area contributed by atoms with E-state index in [-0.39, 0.29) is 35.6 Å². The second kappa shape index (κ2) is 9.43. The summed E-state index contributed by atoms with van der Waals surface area (Å²) in [6.45, 7) is 2.40. The van der Waals surface area contributed by atoms with Gasteiger partial charge in [-0.1, -0.05) is 36.4 Å². The third kappa shape index (κ3) is 5.37. The van der Waals surface area contributed by atoms with Crippen molar-refractivity contribution in [2.75, 3.05) is 5.32 Å².